The summed E-state index contributed by atoms with van der Waals surface area (Å²) >= 11 is 0. The molecule has 0 radical (unpaired) electrons. The summed E-state index contributed by atoms with van der Waals surface area (Å²) in [6, 6.07) is 20.3. The van der Waals surface area contributed by atoms with Crippen LogP contribution in [0.1, 0.15) is 18.1 Å². The predicted octanol–water partition coefficient (Wildman–Crippen LogP) is 4.71. The van der Waals surface area contributed by atoms with Crippen molar-refractivity contribution in [2.75, 3.05) is 6.61 Å². The number of hydrogen-bond acceptors (Lipinski definition) is 1. The van der Waals surface area contributed by atoms with E-state index in [1.54, 1.807) is 0 Å². The molecule has 2 aromatic rings. The van der Waals surface area contributed by atoms with Gasteiger partial charge in [0, 0.05) is 0 Å². The Kier molecular flexibility index (Phi) is 4.54. The first-order chi connectivity index (χ1) is 9.69. The second-order valence-corrected chi connectivity index (χ2v) is 4.92. The van der Waals surface area contributed by atoms with Crippen LogP contribution in [0.25, 0.3) is 0 Å². The molecule has 102 valence electrons. The molecule has 1 nitrogen and oxygen atoms in total. The highest BCUT2D eigenvalue weighted by atomic mass is 16.5. The van der Waals surface area contributed by atoms with Gasteiger partial charge in [-0.15, -0.1) is 0 Å². The summed E-state index contributed by atoms with van der Waals surface area (Å²) in [5.74, 6) is 0. The van der Waals surface area contributed by atoms with Crippen LogP contribution in [0, 0.1) is 0 Å². The van der Waals surface area contributed by atoms with Crippen LogP contribution < -0.4 is 0 Å². The molecule has 0 fully saturated rings. The molecule has 0 spiro atoms. The zero-order valence-electron chi connectivity index (χ0n) is 11.9. The van der Waals surface area contributed by atoms with Crippen molar-refractivity contribution in [1.29, 1.82) is 0 Å². The van der Waals surface area contributed by atoms with Crippen molar-refractivity contribution in [1.82, 2.24) is 0 Å². The molecule has 0 unspecified atom stereocenters. The summed E-state index contributed by atoms with van der Waals surface area (Å²) in [4.78, 5) is 0. The van der Waals surface area contributed by atoms with Gasteiger partial charge in [-0.25, -0.2) is 0 Å². The summed E-state index contributed by atoms with van der Waals surface area (Å²) in [6.07, 6.45) is 1.86. The van der Waals surface area contributed by atoms with Gasteiger partial charge in [-0.1, -0.05) is 85.5 Å². The van der Waals surface area contributed by atoms with Crippen LogP contribution >= 0.6 is 0 Å². The molecule has 0 aromatic heterocycles. The first kappa shape index (κ1) is 14.3. The van der Waals surface area contributed by atoms with Crippen molar-refractivity contribution in [3.63, 3.8) is 0 Å². The van der Waals surface area contributed by atoms with Gasteiger partial charge < -0.3 is 4.74 Å². The van der Waals surface area contributed by atoms with Gasteiger partial charge in [0.05, 0.1) is 6.61 Å². The lowest BCUT2D eigenvalue weighted by Gasteiger charge is -2.32. The number of rotatable bonds is 6. The molecule has 0 atom stereocenters. The second kappa shape index (κ2) is 6.36. The maximum Gasteiger partial charge on any atom is 0.137 e. The minimum Gasteiger partial charge on any atom is -0.357 e. The lowest BCUT2D eigenvalue weighted by molar-refractivity contribution is 0.0346. The molecule has 20 heavy (non-hydrogen) atoms. The van der Waals surface area contributed by atoms with Gasteiger partial charge in [0.15, 0.2) is 0 Å². The van der Waals surface area contributed by atoms with E-state index in [1.165, 1.54) is 0 Å². The van der Waals surface area contributed by atoms with Gasteiger partial charge in [0.1, 0.15) is 5.60 Å². The van der Waals surface area contributed by atoms with E-state index in [4.69, 9.17) is 4.74 Å². The van der Waals surface area contributed by atoms with Crippen LogP contribution in [0.15, 0.2) is 85.5 Å². The topological polar surface area (TPSA) is 9.23 Å². The summed E-state index contributed by atoms with van der Waals surface area (Å²) < 4.78 is 6.19. The smallest absolute Gasteiger partial charge is 0.137 e. The molecule has 0 amide bonds. The lowest BCUT2D eigenvalue weighted by Crippen LogP contribution is -2.29. The fraction of sp³-hybridized carbons (Fsp3) is 0.158. The summed E-state index contributed by atoms with van der Waals surface area (Å²) in [5.41, 5.74) is 2.49. The minimum atomic E-state index is -0.637. The quantitative estimate of drug-likeness (QED) is 0.687. The van der Waals surface area contributed by atoms with Crippen LogP contribution in [0.4, 0.5) is 0 Å². The highest BCUT2D eigenvalue weighted by Crippen LogP contribution is 2.35. The van der Waals surface area contributed by atoms with Crippen molar-refractivity contribution in [2.45, 2.75) is 12.5 Å². The SMILES string of the molecule is C=CC(OCC(=C)C)(c1ccccc1)c1ccccc1. The van der Waals surface area contributed by atoms with Crippen LogP contribution in [0.3, 0.4) is 0 Å². The number of ether oxygens (including phenoxy) is 1. The molecule has 2 aromatic carbocycles. The Morgan fingerprint density at radius 1 is 1.00 bits per heavy atom. The Balaban J connectivity index is 2.52. The van der Waals surface area contributed by atoms with Crippen molar-refractivity contribution in [3.05, 3.63) is 96.6 Å². The van der Waals surface area contributed by atoms with Crippen LogP contribution in [-0.2, 0) is 10.3 Å². The summed E-state index contributed by atoms with van der Waals surface area (Å²) in [6.45, 7) is 10.4. The molecule has 0 bridgehead atoms. The van der Waals surface area contributed by atoms with Crippen LogP contribution in [0.2, 0.25) is 0 Å². The summed E-state index contributed by atoms with van der Waals surface area (Å²) in [7, 11) is 0. The third-order valence-electron chi connectivity index (χ3n) is 3.24. The van der Waals surface area contributed by atoms with Crippen molar-refractivity contribution < 1.29 is 4.74 Å². The first-order valence-corrected chi connectivity index (χ1v) is 6.72. The molecular formula is C19H20O. The molecule has 0 aliphatic rings. The third-order valence-corrected chi connectivity index (χ3v) is 3.24. The van der Waals surface area contributed by atoms with E-state index in [0.717, 1.165) is 16.7 Å². The highest BCUT2D eigenvalue weighted by molar-refractivity contribution is 5.40. The van der Waals surface area contributed by atoms with Gasteiger partial charge in [-0.2, -0.15) is 0 Å². The van der Waals surface area contributed by atoms with Crippen molar-refractivity contribution in [2.24, 2.45) is 0 Å². The average molecular weight is 264 g/mol. The lowest BCUT2D eigenvalue weighted by atomic mass is 9.86. The zero-order chi connectivity index (χ0) is 14.4. The number of hydrogen-bond donors (Lipinski definition) is 0. The van der Waals surface area contributed by atoms with Gasteiger partial charge in [0.25, 0.3) is 0 Å². The molecule has 2 rings (SSSR count). The molecule has 0 saturated heterocycles. The van der Waals surface area contributed by atoms with Crippen LogP contribution in [0.5, 0.6) is 0 Å². The standard InChI is InChI=1S/C19H20O/c1-4-19(20-15-16(2)3,17-11-7-5-8-12-17)18-13-9-6-10-14-18/h4-14H,1-2,15H2,3H3. The van der Waals surface area contributed by atoms with Gasteiger partial charge in [-0.05, 0) is 18.1 Å². The van der Waals surface area contributed by atoms with Crippen molar-refractivity contribution in [3.8, 4) is 0 Å². The second-order valence-electron chi connectivity index (χ2n) is 4.92. The maximum atomic E-state index is 6.19. The monoisotopic (exact) mass is 264 g/mol. The van der Waals surface area contributed by atoms with E-state index in [1.807, 2.05) is 49.4 Å². The first-order valence-electron chi connectivity index (χ1n) is 6.72. The predicted molar refractivity (Wildman–Crippen MR) is 84.6 cm³/mol. The Bertz CT molecular complexity index is 530. The molecular weight excluding hydrogens is 244 g/mol. The molecule has 0 N–H and O–H groups in total. The summed E-state index contributed by atoms with van der Waals surface area (Å²) in [5, 5.41) is 0. The Morgan fingerprint density at radius 3 is 1.80 bits per heavy atom. The molecule has 0 aliphatic carbocycles. The molecule has 1 heteroatoms. The molecule has 0 saturated carbocycles. The van der Waals surface area contributed by atoms with Crippen LogP contribution in [-0.4, -0.2) is 6.61 Å². The van der Waals surface area contributed by atoms with Gasteiger partial charge in [-0.3, -0.25) is 0 Å². The highest BCUT2D eigenvalue weighted by Gasteiger charge is 2.31. The Morgan fingerprint density at radius 2 is 1.45 bits per heavy atom. The van der Waals surface area contributed by atoms with E-state index < -0.39 is 5.60 Å². The number of benzene rings is 2. The fourth-order valence-corrected chi connectivity index (χ4v) is 2.24. The van der Waals surface area contributed by atoms with E-state index >= 15 is 0 Å². The van der Waals surface area contributed by atoms with E-state index in [9.17, 15) is 0 Å². The van der Waals surface area contributed by atoms with Crippen molar-refractivity contribution >= 4 is 0 Å². The maximum absolute atomic E-state index is 6.19. The average Bonchev–Trinajstić information content (AvgIpc) is 2.50. The van der Waals surface area contributed by atoms with Gasteiger partial charge in [0.2, 0.25) is 0 Å². The van der Waals surface area contributed by atoms with E-state index in [0.29, 0.717) is 6.61 Å². The van der Waals surface area contributed by atoms with E-state index in [-0.39, 0.29) is 0 Å². The zero-order valence-corrected chi connectivity index (χ0v) is 11.9. The fourth-order valence-electron chi connectivity index (χ4n) is 2.24. The Labute approximate surface area is 121 Å². The van der Waals surface area contributed by atoms with E-state index in [2.05, 4.69) is 37.4 Å². The normalized spacial score (nSPS) is 11.1. The molecule has 0 heterocycles. The Hall–Kier alpha value is -2.12. The third kappa shape index (κ3) is 2.89. The largest absolute Gasteiger partial charge is 0.357 e. The van der Waals surface area contributed by atoms with Gasteiger partial charge >= 0.3 is 0 Å². The minimum absolute atomic E-state index is 0.496. The molecule has 0 aliphatic heterocycles.